The van der Waals surface area contributed by atoms with Crippen molar-refractivity contribution in [3.8, 4) is 5.69 Å². The van der Waals surface area contributed by atoms with Crippen LogP contribution in [0.25, 0.3) is 71.7 Å². The molecular formula is C51H38N3OP. The van der Waals surface area contributed by atoms with E-state index in [1.807, 2.05) is 60.7 Å². The van der Waals surface area contributed by atoms with Crippen molar-refractivity contribution in [3.05, 3.63) is 194 Å². The number of allylic oxidation sites excluding steroid dienone is 4. The van der Waals surface area contributed by atoms with E-state index in [4.69, 9.17) is 0 Å². The van der Waals surface area contributed by atoms with Crippen LogP contribution in [0.15, 0.2) is 194 Å². The fraction of sp³-hybridized carbons (Fsp3) is 0.0588. The number of para-hydroxylation sites is 4. The van der Waals surface area contributed by atoms with E-state index < -0.39 is 7.14 Å². The van der Waals surface area contributed by atoms with Gasteiger partial charge in [-0.1, -0.05) is 140 Å². The largest absolute Gasteiger partial charge is 0.313 e. The molecule has 0 radical (unpaired) electrons. The molecule has 0 saturated heterocycles. The number of fused-ring (bicyclic) bond motifs is 8. The topological polar surface area (TPSA) is 31.9 Å². The molecule has 3 heterocycles. The predicted molar refractivity (Wildman–Crippen MR) is 237 cm³/mol. The van der Waals surface area contributed by atoms with Gasteiger partial charge in [0.25, 0.3) is 0 Å². The number of hydrogen-bond acceptors (Lipinski definition) is 1. The molecule has 1 unspecified atom stereocenters. The van der Waals surface area contributed by atoms with Crippen molar-refractivity contribution in [2.24, 2.45) is 5.92 Å². The molecule has 11 rings (SSSR count). The van der Waals surface area contributed by atoms with Crippen LogP contribution in [-0.2, 0) is 4.57 Å². The van der Waals surface area contributed by atoms with E-state index in [0.29, 0.717) is 0 Å². The maximum Gasteiger partial charge on any atom is 0.171 e. The van der Waals surface area contributed by atoms with Crippen LogP contribution in [0.1, 0.15) is 13.3 Å². The molecule has 10 aromatic rings. The van der Waals surface area contributed by atoms with Crippen molar-refractivity contribution in [2.45, 2.75) is 13.3 Å². The quantitative estimate of drug-likeness (QED) is 0.156. The minimum atomic E-state index is -3.11. The summed E-state index contributed by atoms with van der Waals surface area (Å²) in [5.74, 6) is 0.250. The lowest BCUT2D eigenvalue weighted by atomic mass is 9.95. The Labute approximate surface area is 325 Å². The van der Waals surface area contributed by atoms with Crippen molar-refractivity contribution in [2.75, 3.05) is 0 Å². The smallest absolute Gasteiger partial charge is 0.171 e. The highest BCUT2D eigenvalue weighted by Gasteiger charge is 2.31. The molecule has 5 heteroatoms. The highest BCUT2D eigenvalue weighted by molar-refractivity contribution is 7.85. The zero-order valence-corrected chi connectivity index (χ0v) is 31.9. The number of aromatic nitrogens is 3. The maximum absolute atomic E-state index is 15.2. The van der Waals surface area contributed by atoms with Crippen LogP contribution in [0.2, 0.25) is 0 Å². The van der Waals surface area contributed by atoms with E-state index in [1.54, 1.807) is 0 Å². The van der Waals surface area contributed by atoms with Crippen LogP contribution in [-0.4, -0.2) is 13.7 Å². The summed E-state index contributed by atoms with van der Waals surface area (Å²) in [6.07, 6.45) is 5.60. The molecular weight excluding hydrogens is 702 g/mol. The van der Waals surface area contributed by atoms with Gasteiger partial charge in [-0.05, 0) is 67.1 Å². The zero-order valence-electron chi connectivity index (χ0n) is 31.0. The van der Waals surface area contributed by atoms with Gasteiger partial charge >= 0.3 is 0 Å². The molecule has 4 nitrogen and oxygen atoms in total. The van der Waals surface area contributed by atoms with E-state index in [9.17, 15) is 0 Å². The first-order chi connectivity index (χ1) is 27.6. The normalized spacial score (nSPS) is 14.9. The van der Waals surface area contributed by atoms with Gasteiger partial charge in [-0.25, -0.2) is 0 Å². The van der Waals surface area contributed by atoms with Crippen molar-refractivity contribution in [1.29, 1.82) is 0 Å². The first-order valence-corrected chi connectivity index (χ1v) is 21.1. The molecule has 268 valence electrons. The van der Waals surface area contributed by atoms with Gasteiger partial charge in [-0.2, -0.15) is 0 Å². The second-order valence-electron chi connectivity index (χ2n) is 14.9. The summed E-state index contributed by atoms with van der Waals surface area (Å²) in [5.41, 5.74) is 10.8. The molecule has 0 bridgehead atoms. The molecule has 7 aromatic carbocycles. The molecule has 0 fully saturated rings. The maximum atomic E-state index is 15.2. The molecule has 0 aliphatic heterocycles. The molecule has 0 saturated carbocycles. The van der Waals surface area contributed by atoms with Crippen molar-refractivity contribution in [1.82, 2.24) is 13.7 Å². The third kappa shape index (κ3) is 4.76. The van der Waals surface area contributed by atoms with Crippen LogP contribution < -0.4 is 15.9 Å². The van der Waals surface area contributed by atoms with Gasteiger partial charge in [0.2, 0.25) is 0 Å². The van der Waals surface area contributed by atoms with Gasteiger partial charge in [0, 0.05) is 60.5 Å². The van der Waals surface area contributed by atoms with Crippen molar-refractivity contribution >= 4 is 89.1 Å². The van der Waals surface area contributed by atoms with Crippen molar-refractivity contribution < 1.29 is 4.57 Å². The second kappa shape index (κ2) is 12.7. The molecule has 0 N–H and O–H groups in total. The monoisotopic (exact) mass is 739 g/mol. The summed E-state index contributed by atoms with van der Waals surface area (Å²) in [7, 11) is -3.11. The Bertz CT molecular complexity index is 3150. The summed E-state index contributed by atoms with van der Waals surface area (Å²) in [5, 5.41) is 7.46. The Morgan fingerprint density at radius 1 is 0.429 bits per heavy atom. The standard InChI is InChI=1S/C51H38N3OP/c1-35-34-37(52-46-24-12-8-20-41(46)42-21-9-13-25-47(42)52)30-33-45(35)54-49-27-15-11-23-44(49)50-51(54)43-22-10-14-26-48(43)53(50)36-28-31-40(32-29-36)56(55,38-16-4-2-5-17-38)39-18-6-3-7-19-39/h2-33,35H,34H2,1H3. The Morgan fingerprint density at radius 3 is 1.36 bits per heavy atom. The van der Waals surface area contributed by atoms with Gasteiger partial charge in [0.05, 0.1) is 33.1 Å². The molecule has 1 aliphatic rings. The minimum absolute atomic E-state index is 0.250. The first kappa shape index (κ1) is 32.8. The fourth-order valence-corrected chi connectivity index (χ4v) is 11.9. The highest BCUT2D eigenvalue weighted by Crippen LogP contribution is 2.46. The summed E-state index contributed by atoms with van der Waals surface area (Å²) < 4.78 is 22.6. The van der Waals surface area contributed by atoms with Gasteiger partial charge < -0.3 is 18.3 Å². The van der Waals surface area contributed by atoms with E-state index in [2.05, 4.69) is 154 Å². The molecule has 1 atom stereocenters. The van der Waals surface area contributed by atoms with E-state index in [0.717, 1.165) is 33.5 Å². The predicted octanol–water partition coefficient (Wildman–Crippen LogP) is 11.9. The zero-order chi connectivity index (χ0) is 37.4. The molecule has 56 heavy (non-hydrogen) atoms. The Balaban J connectivity index is 1.10. The average Bonchev–Trinajstić information content (AvgIpc) is 3.90. The van der Waals surface area contributed by atoms with Crippen LogP contribution in [0.4, 0.5) is 0 Å². The lowest BCUT2D eigenvalue weighted by Crippen LogP contribution is -2.24. The SMILES string of the molecule is CC1CC(n2c3ccccc3c3ccccc32)=CC=C1n1c2ccccc2c2c1c1ccccc1n2-c1ccc(P(=O)(c2ccccc2)c2ccccc2)cc1. The van der Waals surface area contributed by atoms with Crippen LogP contribution >= 0.6 is 7.14 Å². The fourth-order valence-electron chi connectivity index (χ4n) is 9.28. The minimum Gasteiger partial charge on any atom is -0.313 e. The molecule has 0 amide bonds. The third-order valence-corrected chi connectivity index (χ3v) is 14.9. The number of nitrogens with zero attached hydrogens (tertiary/aromatic N) is 3. The van der Waals surface area contributed by atoms with E-state index in [1.165, 1.54) is 60.5 Å². The van der Waals surface area contributed by atoms with Crippen molar-refractivity contribution in [3.63, 3.8) is 0 Å². The summed E-state index contributed by atoms with van der Waals surface area (Å²) in [6.45, 7) is 2.36. The van der Waals surface area contributed by atoms with Gasteiger partial charge in [0.15, 0.2) is 7.14 Å². The lowest BCUT2D eigenvalue weighted by Gasteiger charge is -2.25. The Morgan fingerprint density at radius 2 is 0.839 bits per heavy atom. The van der Waals surface area contributed by atoms with Crippen LogP contribution in [0.3, 0.4) is 0 Å². The Kier molecular flexibility index (Phi) is 7.45. The van der Waals surface area contributed by atoms with E-state index >= 15 is 4.57 Å². The van der Waals surface area contributed by atoms with Crippen LogP contribution in [0.5, 0.6) is 0 Å². The molecule has 1 aliphatic carbocycles. The first-order valence-electron chi connectivity index (χ1n) is 19.4. The average molecular weight is 740 g/mol. The van der Waals surface area contributed by atoms with Gasteiger partial charge in [-0.3, -0.25) is 0 Å². The summed E-state index contributed by atoms with van der Waals surface area (Å²) >= 11 is 0. The lowest BCUT2D eigenvalue weighted by molar-refractivity contribution is 0.592. The number of rotatable bonds is 6. The van der Waals surface area contributed by atoms with E-state index in [-0.39, 0.29) is 5.92 Å². The Hall–Kier alpha value is -6.61. The van der Waals surface area contributed by atoms with Gasteiger partial charge in [0.1, 0.15) is 0 Å². The molecule has 3 aromatic heterocycles. The third-order valence-electron chi connectivity index (χ3n) is 11.8. The number of hydrogen-bond donors (Lipinski definition) is 0. The molecule has 0 spiro atoms. The summed E-state index contributed by atoms with van der Waals surface area (Å²) in [6, 6.07) is 63.3. The summed E-state index contributed by atoms with van der Waals surface area (Å²) in [4.78, 5) is 0. The number of benzene rings is 7. The van der Waals surface area contributed by atoms with Gasteiger partial charge in [-0.15, -0.1) is 0 Å². The van der Waals surface area contributed by atoms with Crippen LogP contribution in [0, 0.1) is 5.92 Å². The second-order valence-corrected chi connectivity index (χ2v) is 17.7. The highest BCUT2D eigenvalue weighted by atomic mass is 31.2.